The van der Waals surface area contributed by atoms with Gasteiger partial charge in [-0.1, -0.05) is 91.0 Å². The van der Waals surface area contributed by atoms with Crippen molar-refractivity contribution in [1.29, 1.82) is 0 Å². The Kier molecular flexibility index (Phi) is 8.65. The number of amides is 1. The third-order valence-electron chi connectivity index (χ3n) is 6.58. The van der Waals surface area contributed by atoms with E-state index in [1.54, 1.807) is 7.05 Å². The molecule has 3 aromatic carbocycles. The van der Waals surface area contributed by atoms with Crippen molar-refractivity contribution in [3.05, 3.63) is 108 Å². The molecule has 2 N–H and O–H groups in total. The molecule has 2 atom stereocenters. The van der Waals surface area contributed by atoms with Gasteiger partial charge in [0.25, 0.3) is 0 Å². The van der Waals surface area contributed by atoms with Crippen LogP contribution in [0.4, 0.5) is 0 Å². The average molecular weight is 472 g/mol. The van der Waals surface area contributed by atoms with E-state index >= 15 is 0 Å². The number of ether oxygens (including phenoxy) is 1. The zero-order valence-corrected chi connectivity index (χ0v) is 20.1. The number of likely N-dealkylation sites (N-methyl/N-ethyl adjacent to an activating group) is 1. The van der Waals surface area contributed by atoms with E-state index in [1.807, 2.05) is 71.6 Å². The first-order valence-electron chi connectivity index (χ1n) is 12.1. The van der Waals surface area contributed by atoms with E-state index in [2.05, 4.69) is 34.9 Å². The second-order valence-corrected chi connectivity index (χ2v) is 8.85. The van der Waals surface area contributed by atoms with Crippen molar-refractivity contribution in [3.8, 4) is 0 Å². The average Bonchev–Trinajstić information content (AvgIpc) is 3.09. The van der Waals surface area contributed by atoms with E-state index in [9.17, 15) is 9.59 Å². The van der Waals surface area contributed by atoms with Gasteiger partial charge in [-0.3, -0.25) is 9.59 Å². The molecule has 35 heavy (non-hydrogen) atoms. The molecular weight excluding hydrogens is 438 g/mol. The van der Waals surface area contributed by atoms with E-state index in [4.69, 9.17) is 4.74 Å². The fourth-order valence-electron chi connectivity index (χ4n) is 4.63. The van der Waals surface area contributed by atoms with E-state index < -0.39 is 6.04 Å². The second kappa shape index (κ2) is 12.3. The Morgan fingerprint density at radius 1 is 0.971 bits per heavy atom. The minimum Gasteiger partial charge on any atom is -0.460 e. The Bertz CT molecular complexity index is 1040. The standard InChI is InChI=1S/C29H33N3O3/c1-30-28(29(34)35-21-22-11-5-2-6-12-22)26-17-18-32(27(33)19-31-26)20-25(23-13-7-3-8-14-23)24-15-9-4-10-16-24/h2-16,25-26,28,30-31H,17-21H2,1H3. The number of nitrogens with one attached hydrogen (secondary N) is 2. The molecule has 1 aliphatic rings. The van der Waals surface area contributed by atoms with Gasteiger partial charge in [0.15, 0.2) is 0 Å². The largest absolute Gasteiger partial charge is 0.460 e. The fraction of sp³-hybridized carbons (Fsp3) is 0.310. The van der Waals surface area contributed by atoms with Gasteiger partial charge in [-0.05, 0) is 30.2 Å². The van der Waals surface area contributed by atoms with Gasteiger partial charge in [-0.15, -0.1) is 0 Å². The zero-order chi connectivity index (χ0) is 24.5. The van der Waals surface area contributed by atoms with Gasteiger partial charge < -0.3 is 20.3 Å². The Labute approximate surface area is 207 Å². The number of hydrogen-bond donors (Lipinski definition) is 2. The van der Waals surface area contributed by atoms with Crippen molar-refractivity contribution < 1.29 is 14.3 Å². The third-order valence-corrected chi connectivity index (χ3v) is 6.58. The highest BCUT2D eigenvalue weighted by Gasteiger charge is 2.33. The summed E-state index contributed by atoms with van der Waals surface area (Å²) in [6.45, 7) is 1.57. The molecule has 3 aromatic rings. The molecule has 1 heterocycles. The molecule has 0 spiro atoms. The Morgan fingerprint density at radius 3 is 2.11 bits per heavy atom. The number of benzene rings is 3. The van der Waals surface area contributed by atoms with Gasteiger partial charge in [-0.25, -0.2) is 0 Å². The first kappa shape index (κ1) is 24.6. The number of hydrogen-bond acceptors (Lipinski definition) is 5. The lowest BCUT2D eigenvalue weighted by molar-refractivity contribution is -0.148. The van der Waals surface area contributed by atoms with Crippen LogP contribution in [0.25, 0.3) is 0 Å². The van der Waals surface area contributed by atoms with Crippen LogP contribution in [0.5, 0.6) is 0 Å². The SMILES string of the molecule is CNC(C(=O)OCc1ccccc1)C1CCN(CC(c2ccccc2)c2ccccc2)C(=O)CN1. The van der Waals surface area contributed by atoms with Crippen LogP contribution in [0.2, 0.25) is 0 Å². The van der Waals surface area contributed by atoms with E-state index in [-0.39, 0.29) is 37.0 Å². The maximum Gasteiger partial charge on any atom is 0.325 e. The molecule has 0 radical (unpaired) electrons. The first-order valence-corrected chi connectivity index (χ1v) is 12.1. The normalized spacial score (nSPS) is 17.1. The van der Waals surface area contributed by atoms with Gasteiger partial charge in [0.05, 0.1) is 6.54 Å². The summed E-state index contributed by atoms with van der Waals surface area (Å²) in [5.74, 6) is -0.202. The topological polar surface area (TPSA) is 70.7 Å². The molecular formula is C29H33N3O3. The highest BCUT2D eigenvalue weighted by molar-refractivity contribution is 5.80. The summed E-state index contributed by atoms with van der Waals surface area (Å²) in [5, 5.41) is 6.38. The lowest BCUT2D eigenvalue weighted by Gasteiger charge is -2.28. The van der Waals surface area contributed by atoms with Crippen LogP contribution < -0.4 is 10.6 Å². The molecule has 0 saturated carbocycles. The number of carbonyl (C=O) groups is 2. The molecule has 6 nitrogen and oxygen atoms in total. The molecule has 0 aliphatic carbocycles. The molecule has 1 aliphatic heterocycles. The quantitative estimate of drug-likeness (QED) is 0.469. The van der Waals surface area contributed by atoms with Crippen LogP contribution in [-0.4, -0.2) is 55.5 Å². The monoisotopic (exact) mass is 471 g/mol. The van der Waals surface area contributed by atoms with Crippen molar-refractivity contribution in [2.75, 3.05) is 26.7 Å². The first-order chi connectivity index (χ1) is 17.2. The molecule has 0 bridgehead atoms. The van der Waals surface area contributed by atoms with Gasteiger partial charge in [0, 0.05) is 25.0 Å². The summed E-state index contributed by atoms with van der Waals surface area (Å²) < 4.78 is 5.57. The van der Waals surface area contributed by atoms with Gasteiger partial charge in [0.1, 0.15) is 12.6 Å². The summed E-state index contributed by atoms with van der Waals surface area (Å²) in [5.41, 5.74) is 3.30. The summed E-state index contributed by atoms with van der Waals surface area (Å²) in [6, 6.07) is 29.5. The predicted octanol–water partition coefficient (Wildman–Crippen LogP) is 3.34. The van der Waals surface area contributed by atoms with Gasteiger partial charge >= 0.3 is 5.97 Å². The lowest BCUT2D eigenvalue weighted by atomic mass is 9.90. The number of rotatable bonds is 9. The van der Waals surface area contributed by atoms with Crippen molar-refractivity contribution >= 4 is 11.9 Å². The number of carbonyl (C=O) groups excluding carboxylic acids is 2. The molecule has 6 heteroatoms. The van der Waals surface area contributed by atoms with Crippen LogP contribution >= 0.6 is 0 Å². The Morgan fingerprint density at radius 2 is 1.54 bits per heavy atom. The van der Waals surface area contributed by atoms with Crippen LogP contribution in [0.3, 0.4) is 0 Å². The zero-order valence-electron chi connectivity index (χ0n) is 20.1. The Balaban J connectivity index is 1.42. The Hall–Kier alpha value is -3.48. The maximum atomic E-state index is 13.1. The van der Waals surface area contributed by atoms with Crippen LogP contribution in [-0.2, 0) is 20.9 Å². The molecule has 1 fully saturated rings. The molecule has 4 rings (SSSR count). The summed E-state index contributed by atoms with van der Waals surface area (Å²) in [4.78, 5) is 27.8. The van der Waals surface area contributed by atoms with E-state index in [0.717, 1.165) is 5.56 Å². The van der Waals surface area contributed by atoms with E-state index in [0.29, 0.717) is 19.5 Å². The smallest absolute Gasteiger partial charge is 0.325 e. The van der Waals surface area contributed by atoms with Crippen molar-refractivity contribution in [3.63, 3.8) is 0 Å². The lowest BCUT2D eigenvalue weighted by Crippen LogP contribution is -2.52. The molecule has 182 valence electrons. The number of nitrogens with zero attached hydrogens (tertiary/aromatic N) is 1. The summed E-state index contributed by atoms with van der Waals surface area (Å²) in [7, 11) is 1.75. The van der Waals surface area contributed by atoms with E-state index in [1.165, 1.54) is 11.1 Å². The number of esters is 1. The fourth-order valence-corrected chi connectivity index (χ4v) is 4.63. The van der Waals surface area contributed by atoms with Crippen molar-refractivity contribution in [2.24, 2.45) is 0 Å². The predicted molar refractivity (Wildman–Crippen MR) is 137 cm³/mol. The highest BCUT2D eigenvalue weighted by Crippen LogP contribution is 2.26. The van der Waals surface area contributed by atoms with Crippen LogP contribution in [0.15, 0.2) is 91.0 Å². The second-order valence-electron chi connectivity index (χ2n) is 8.85. The van der Waals surface area contributed by atoms with Crippen LogP contribution in [0, 0.1) is 0 Å². The van der Waals surface area contributed by atoms with Gasteiger partial charge in [-0.2, -0.15) is 0 Å². The van der Waals surface area contributed by atoms with Crippen molar-refractivity contribution in [1.82, 2.24) is 15.5 Å². The highest BCUT2D eigenvalue weighted by atomic mass is 16.5. The van der Waals surface area contributed by atoms with Gasteiger partial charge in [0.2, 0.25) is 5.91 Å². The third kappa shape index (κ3) is 6.56. The van der Waals surface area contributed by atoms with Crippen LogP contribution in [0.1, 0.15) is 29.0 Å². The minimum atomic E-state index is -0.537. The molecule has 1 amide bonds. The summed E-state index contributed by atoms with van der Waals surface area (Å²) >= 11 is 0. The molecule has 0 aromatic heterocycles. The molecule has 1 saturated heterocycles. The maximum absolute atomic E-state index is 13.1. The minimum absolute atomic E-state index is 0.0388. The van der Waals surface area contributed by atoms with Crippen molar-refractivity contribution in [2.45, 2.75) is 31.0 Å². The summed E-state index contributed by atoms with van der Waals surface area (Å²) in [6.07, 6.45) is 0.647. The molecule has 2 unspecified atom stereocenters.